The first-order valence-electron chi connectivity index (χ1n) is 20.0. The molecule has 0 radical (unpaired) electrons. The first-order chi connectivity index (χ1) is 29.5. The fraction of sp³-hybridized carbons (Fsp3) is 0.295. The Morgan fingerprint density at radius 1 is 0.803 bits per heavy atom. The van der Waals surface area contributed by atoms with Crippen LogP contribution < -0.4 is 15.5 Å². The van der Waals surface area contributed by atoms with Crippen LogP contribution in [0.25, 0.3) is 16.9 Å². The lowest BCUT2D eigenvalue weighted by molar-refractivity contribution is -0.206. The Bertz CT molecular complexity index is 2550. The number of benzene rings is 3. The average Bonchev–Trinajstić information content (AvgIpc) is 3.96. The van der Waals surface area contributed by atoms with E-state index < -0.39 is 29.6 Å². The quantitative estimate of drug-likeness (QED) is 0.127. The second kappa shape index (κ2) is 17.5. The van der Waals surface area contributed by atoms with Crippen LogP contribution in [0.3, 0.4) is 0 Å². The first-order valence-corrected chi connectivity index (χ1v) is 20.0. The van der Waals surface area contributed by atoms with Crippen LogP contribution in [-0.4, -0.2) is 81.9 Å². The molecule has 1 aliphatic heterocycles. The Morgan fingerprint density at radius 3 is 2.11 bits per heavy atom. The second-order valence-corrected chi connectivity index (χ2v) is 15.0. The standard InChI is InChI=1S/C44H44F3N11O3/c1-3-39(31(2)61-27-32-7-5-4-6-8-32)58-42(59)57(30-51-58)41-20-18-38(26-49-41)55-23-21-54(22-24-55)37-16-9-33(10-17-37)34-11-19-40(48-25-34)44(46,47)43(60,28-56-29-50-52-53-56)35-12-14-36(45)15-13-35/h4-20,25-26,29-31,39,60H,3,21-24,27-28H2,1-2H3/t31-,39-,43?/m0/s1. The fourth-order valence-electron chi connectivity index (χ4n) is 7.66. The summed E-state index contributed by atoms with van der Waals surface area (Å²) in [5.74, 6) is -4.07. The van der Waals surface area contributed by atoms with Crippen molar-refractivity contribution in [2.75, 3.05) is 36.0 Å². The maximum absolute atomic E-state index is 16.2. The van der Waals surface area contributed by atoms with Gasteiger partial charge in [-0.25, -0.2) is 28.1 Å². The van der Waals surface area contributed by atoms with Crippen molar-refractivity contribution in [2.45, 2.75) is 57.1 Å². The van der Waals surface area contributed by atoms with Gasteiger partial charge in [0.1, 0.15) is 30.0 Å². The summed E-state index contributed by atoms with van der Waals surface area (Å²) in [6, 6.07) is 28.2. The number of rotatable bonds is 15. The van der Waals surface area contributed by atoms with Gasteiger partial charge in [0.2, 0.25) is 0 Å². The largest absolute Gasteiger partial charge is 0.377 e. The van der Waals surface area contributed by atoms with Crippen LogP contribution >= 0.6 is 0 Å². The number of aliphatic hydroxyl groups is 1. The van der Waals surface area contributed by atoms with Crippen LogP contribution in [0, 0.1) is 5.82 Å². The number of nitrogens with zero attached hydrogens (tertiary/aromatic N) is 11. The summed E-state index contributed by atoms with van der Waals surface area (Å²) in [5.41, 5.74) is 0.398. The highest BCUT2D eigenvalue weighted by atomic mass is 19.3. The van der Waals surface area contributed by atoms with Crippen molar-refractivity contribution in [3.63, 3.8) is 0 Å². The normalized spacial score (nSPS) is 15.4. The third-order valence-corrected chi connectivity index (χ3v) is 11.2. The molecule has 0 amide bonds. The molecule has 5 heterocycles. The highest BCUT2D eigenvalue weighted by Crippen LogP contribution is 2.46. The van der Waals surface area contributed by atoms with E-state index in [1.807, 2.05) is 80.6 Å². The predicted molar refractivity (Wildman–Crippen MR) is 222 cm³/mol. The van der Waals surface area contributed by atoms with Crippen molar-refractivity contribution in [1.29, 1.82) is 0 Å². The van der Waals surface area contributed by atoms with E-state index in [0.717, 1.165) is 84.0 Å². The van der Waals surface area contributed by atoms with Crippen molar-refractivity contribution in [3.05, 3.63) is 161 Å². The van der Waals surface area contributed by atoms with E-state index >= 15 is 8.78 Å². The summed E-state index contributed by atoms with van der Waals surface area (Å²) in [5, 5.41) is 26.6. The number of piperazine rings is 1. The van der Waals surface area contributed by atoms with Gasteiger partial charge in [-0.2, -0.15) is 13.9 Å². The zero-order valence-electron chi connectivity index (χ0n) is 33.5. The molecular formula is C44H44F3N11O3. The summed E-state index contributed by atoms with van der Waals surface area (Å²) < 4.78 is 56.2. The van der Waals surface area contributed by atoms with Gasteiger partial charge in [0.25, 0.3) is 0 Å². The summed E-state index contributed by atoms with van der Waals surface area (Å²) in [6.07, 6.45) is 6.17. The molecule has 17 heteroatoms. The van der Waals surface area contributed by atoms with E-state index in [1.165, 1.54) is 33.9 Å². The van der Waals surface area contributed by atoms with Crippen molar-refractivity contribution in [3.8, 4) is 16.9 Å². The van der Waals surface area contributed by atoms with Crippen LogP contribution in [0.15, 0.2) is 133 Å². The van der Waals surface area contributed by atoms with Gasteiger partial charge in [-0.05, 0) is 82.9 Å². The molecule has 7 aromatic rings. The predicted octanol–water partition coefficient (Wildman–Crippen LogP) is 6.18. The molecule has 3 atom stereocenters. The number of alkyl halides is 2. The third-order valence-electron chi connectivity index (χ3n) is 11.2. The Labute approximate surface area is 349 Å². The summed E-state index contributed by atoms with van der Waals surface area (Å²) in [4.78, 5) is 26.7. The molecule has 1 aliphatic rings. The second-order valence-electron chi connectivity index (χ2n) is 15.0. The Hall–Kier alpha value is -6.72. The molecule has 3 aromatic carbocycles. The van der Waals surface area contributed by atoms with Gasteiger partial charge in [0, 0.05) is 43.6 Å². The molecule has 4 aromatic heterocycles. The maximum Gasteiger partial charge on any atom is 0.351 e. The molecule has 0 bridgehead atoms. The summed E-state index contributed by atoms with van der Waals surface area (Å²) in [7, 11) is 0. The van der Waals surface area contributed by atoms with Crippen LogP contribution in [0.1, 0.15) is 43.1 Å². The lowest BCUT2D eigenvalue weighted by atomic mass is 9.85. The van der Waals surface area contributed by atoms with Gasteiger partial charge in [-0.15, -0.1) is 5.10 Å². The number of tetrazole rings is 1. The van der Waals surface area contributed by atoms with Gasteiger partial charge in [0.15, 0.2) is 5.60 Å². The minimum Gasteiger partial charge on any atom is -0.377 e. The average molecular weight is 832 g/mol. The van der Waals surface area contributed by atoms with Gasteiger partial charge in [-0.1, -0.05) is 67.6 Å². The van der Waals surface area contributed by atoms with Crippen molar-refractivity contribution < 1.29 is 23.0 Å². The molecule has 61 heavy (non-hydrogen) atoms. The minimum atomic E-state index is -3.92. The van der Waals surface area contributed by atoms with Crippen molar-refractivity contribution in [1.82, 2.24) is 44.5 Å². The van der Waals surface area contributed by atoms with Gasteiger partial charge < -0.3 is 19.6 Å². The number of hydrogen-bond acceptors (Lipinski definition) is 11. The van der Waals surface area contributed by atoms with E-state index in [4.69, 9.17) is 4.74 Å². The molecule has 0 spiro atoms. The van der Waals surface area contributed by atoms with Crippen molar-refractivity contribution in [2.24, 2.45) is 0 Å². The van der Waals surface area contributed by atoms with Crippen LogP contribution in [-0.2, 0) is 29.4 Å². The number of hydrogen-bond donors (Lipinski definition) is 1. The molecule has 14 nitrogen and oxygen atoms in total. The SMILES string of the molecule is CC[C@@H]([C@H](C)OCc1ccccc1)n1ncn(-c2ccc(N3CCN(c4ccc(-c5ccc(C(F)(F)C(O)(Cn6cnnn6)c6ccc(F)cc6)nc5)cc4)CC3)cn2)c1=O. The summed E-state index contributed by atoms with van der Waals surface area (Å²) in [6.45, 7) is 6.71. The molecule has 0 aliphatic carbocycles. The molecule has 8 rings (SSSR count). The molecule has 1 saturated heterocycles. The maximum atomic E-state index is 16.2. The zero-order valence-corrected chi connectivity index (χ0v) is 33.5. The topological polar surface area (TPSA) is 145 Å². The number of aromatic nitrogens is 9. The monoisotopic (exact) mass is 831 g/mol. The highest BCUT2D eigenvalue weighted by molar-refractivity contribution is 5.66. The minimum absolute atomic E-state index is 0.221. The third kappa shape index (κ3) is 8.51. The number of halogens is 3. The Morgan fingerprint density at radius 2 is 1.49 bits per heavy atom. The zero-order chi connectivity index (χ0) is 42.6. The van der Waals surface area contributed by atoms with Crippen LogP contribution in [0.5, 0.6) is 0 Å². The summed E-state index contributed by atoms with van der Waals surface area (Å²) >= 11 is 0. The van der Waals surface area contributed by atoms with Crippen molar-refractivity contribution >= 4 is 11.4 Å². The van der Waals surface area contributed by atoms with E-state index in [9.17, 15) is 14.3 Å². The Kier molecular flexibility index (Phi) is 11.8. The van der Waals surface area contributed by atoms with Gasteiger partial charge >= 0.3 is 11.6 Å². The lowest BCUT2D eigenvalue weighted by Gasteiger charge is -2.37. The van der Waals surface area contributed by atoms with E-state index in [1.54, 1.807) is 6.20 Å². The molecule has 1 N–H and O–H groups in total. The van der Waals surface area contributed by atoms with Crippen LogP contribution in [0.4, 0.5) is 24.5 Å². The smallest absolute Gasteiger partial charge is 0.351 e. The molecule has 1 unspecified atom stereocenters. The van der Waals surface area contributed by atoms with Gasteiger partial charge in [0.05, 0.1) is 37.2 Å². The number of ether oxygens (including phenoxy) is 1. The lowest BCUT2D eigenvalue weighted by Crippen LogP contribution is -2.47. The highest BCUT2D eigenvalue weighted by Gasteiger charge is 2.56. The van der Waals surface area contributed by atoms with Crippen LogP contribution in [0.2, 0.25) is 0 Å². The van der Waals surface area contributed by atoms with E-state index in [-0.39, 0.29) is 23.4 Å². The number of anilines is 2. The number of pyridine rings is 2. The van der Waals surface area contributed by atoms with Gasteiger partial charge in [-0.3, -0.25) is 4.98 Å². The van der Waals surface area contributed by atoms with E-state index in [2.05, 4.69) is 40.4 Å². The Balaban J connectivity index is 0.880. The molecule has 0 saturated carbocycles. The molecular weight excluding hydrogens is 788 g/mol. The molecule has 314 valence electrons. The van der Waals surface area contributed by atoms with E-state index in [0.29, 0.717) is 24.4 Å². The molecule has 1 fully saturated rings. The fourth-order valence-corrected chi connectivity index (χ4v) is 7.66. The first kappa shape index (κ1) is 41.0.